The number of rotatable bonds is 9. The van der Waals surface area contributed by atoms with Gasteiger partial charge in [-0.2, -0.15) is 0 Å². The molecule has 1 atom stereocenters. The van der Waals surface area contributed by atoms with Crippen molar-refractivity contribution in [2.75, 3.05) is 19.8 Å². The molecule has 2 amide bonds. The highest BCUT2D eigenvalue weighted by Gasteiger charge is 2.37. The highest BCUT2D eigenvalue weighted by atomic mass is 35.5. The summed E-state index contributed by atoms with van der Waals surface area (Å²) >= 11 is 13.1. The summed E-state index contributed by atoms with van der Waals surface area (Å²) in [5.74, 6) is -1.76. The summed E-state index contributed by atoms with van der Waals surface area (Å²) in [6.07, 6.45) is 1.74. The zero-order valence-corrected chi connectivity index (χ0v) is 19.4. The molecule has 0 N–H and O–H groups in total. The molecule has 2 rings (SSSR count). The van der Waals surface area contributed by atoms with Gasteiger partial charge < -0.3 is 14.2 Å². The topological polar surface area (TPSA) is 99.2 Å². The molecule has 1 saturated heterocycles. The minimum absolute atomic E-state index is 0.0921. The van der Waals surface area contributed by atoms with E-state index in [1.165, 1.54) is 18.2 Å². The van der Waals surface area contributed by atoms with Gasteiger partial charge in [0.2, 0.25) is 0 Å². The highest BCUT2D eigenvalue weighted by molar-refractivity contribution is 8.18. The second-order valence-electron chi connectivity index (χ2n) is 6.38. The second-order valence-corrected chi connectivity index (χ2v) is 8.19. The van der Waals surface area contributed by atoms with E-state index in [1.54, 1.807) is 13.8 Å². The number of carbonyl (C=O) groups is 4. The zero-order chi connectivity index (χ0) is 23.1. The number of ether oxygens (including phenoxy) is 3. The van der Waals surface area contributed by atoms with Gasteiger partial charge >= 0.3 is 11.9 Å². The van der Waals surface area contributed by atoms with E-state index in [2.05, 4.69) is 0 Å². The van der Waals surface area contributed by atoms with Crippen LogP contribution in [-0.2, 0) is 23.9 Å². The Kier molecular flexibility index (Phi) is 9.21. The lowest BCUT2D eigenvalue weighted by Crippen LogP contribution is -2.35. The molecule has 0 bridgehead atoms. The molecular formula is C20H21Cl2NO7S. The first-order valence-corrected chi connectivity index (χ1v) is 11.0. The van der Waals surface area contributed by atoms with Crippen LogP contribution in [0.1, 0.15) is 32.8 Å². The van der Waals surface area contributed by atoms with Crippen molar-refractivity contribution >= 4 is 64.1 Å². The number of amides is 2. The van der Waals surface area contributed by atoms with Gasteiger partial charge in [0, 0.05) is 0 Å². The van der Waals surface area contributed by atoms with E-state index in [9.17, 15) is 19.2 Å². The van der Waals surface area contributed by atoms with Crippen LogP contribution in [0.2, 0.25) is 10.0 Å². The van der Waals surface area contributed by atoms with E-state index in [-0.39, 0.29) is 40.0 Å². The quantitative estimate of drug-likeness (QED) is 0.373. The van der Waals surface area contributed by atoms with Crippen LogP contribution in [0.15, 0.2) is 17.0 Å². The molecule has 11 heteroatoms. The number of benzene rings is 1. The molecule has 1 fully saturated rings. The Hall–Kier alpha value is -2.23. The fourth-order valence-corrected chi connectivity index (χ4v) is 3.85. The number of imide groups is 1. The molecule has 0 aromatic heterocycles. The molecule has 0 spiro atoms. The van der Waals surface area contributed by atoms with Gasteiger partial charge in [0.25, 0.3) is 11.1 Å². The van der Waals surface area contributed by atoms with Crippen LogP contribution in [0.25, 0.3) is 6.08 Å². The van der Waals surface area contributed by atoms with E-state index in [0.717, 1.165) is 4.90 Å². The van der Waals surface area contributed by atoms with Crippen LogP contribution in [0, 0.1) is 0 Å². The van der Waals surface area contributed by atoms with Crippen molar-refractivity contribution in [3.63, 3.8) is 0 Å². The highest BCUT2D eigenvalue weighted by Crippen LogP contribution is 2.37. The van der Waals surface area contributed by atoms with Crippen molar-refractivity contribution < 1.29 is 33.4 Å². The first-order chi connectivity index (χ1) is 14.7. The Morgan fingerprint density at radius 1 is 1.16 bits per heavy atom. The predicted molar refractivity (Wildman–Crippen MR) is 117 cm³/mol. The number of thioether (sulfide) groups is 1. The number of hydrogen-bond donors (Lipinski definition) is 0. The molecule has 1 aromatic carbocycles. The average molecular weight is 490 g/mol. The number of halogens is 2. The summed E-state index contributed by atoms with van der Waals surface area (Å²) in [5, 5.41) is -0.359. The molecule has 0 unspecified atom stereocenters. The van der Waals surface area contributed by atoms with Crippen molar-refractivity contribution in [1.82, 2.24) is 4.90 Å². The van der Waals surface area contributed by atoms with Crippen molar-refractivity contribution in [2.24, 2.45) is 0 Å². The van der Waals surface area contributed by atoms with E-state index >= 15 is 0 Å². The van der Waals surface area contributed by atoms with Gasteiger partial charge in [0.15, 0.2) is 12.4 Å². The van der Waals surface area contributed by atoms with E-state index < -0.39 is 29.6 Å². The normalized spacial score (nSPS) is 15.9. The first-order valence-electron chi connectivity index (χ1n) is 9.38. The van der Waals surface area contributed by atoms with Crippen molar-refractivity contribution in [3.05, 3.63) is 32.6 Å². The largest absolute Gasteiger partial charge is 0.479 e. The number of carbonyl (C=O) groups excluding carboxylic acids is 4. The van der Waals surface area contributed by atoms with Crippen molar-refractivity contribution in [3.8, 4) is 5.75 Å². The Bertz CT molecular complexity index is 896. The molecular weight excluding hydrogens is 469 g/mol. The Balaban J connectivity index is 2.12. The molecule has 1 aromatic rings. The Labute approximate surface area is 193 Å². The van der Waals surface area contributed by atoms with Crippen molar-refractivity contribution in [2.45, 2.75) is 33.3 Å². The summed E-state index contributed by atoms with van der Waals surface area (Å²) in [7, 11) is 0. The predicted octanol–water partition coefficient (Wildman–Crippen LogP) is 4.31. The van der Waals surface area contributed by atoms with Crippen LogP contribution in [0.3, 0.4) is 0 Å². The standard InChI is InChI=1S/C20H21Cl2NO7S/c1-4-11(3)30-16(24)9-23-19(26)15(31-20(23)27)8-12-6-13(21)18(14(22)7-12)29-10-17(25)28-5-2/h6-8,11H,4-5,9-10H2,1-3H3/b15-8-/t11-/m0/s1. The lowest BCUT2D eigenvalue weighted by Gasteiger charge is -2.14. The molecule has 0 aliphatic carbocycles. The summed E-state index contributed by atoms with van der Waals surface area (Å²) in [6.45, 7) is 4.63. The molecule has 0 saturated carbocycles. The monoisotopic (exact) mass is 489 g/mol. The maximum atomic E-state index is 12.6. The van der Waals surface area contributed by atoms with Gasteiger partial charge in [-0.05, 0) is 55.8 Å². The lowest BCUT2D eigenvalue weighted by molar-refractivity contribution is -0.150. The maximum Gasteiger partial charge on any atom is 0.344 e. The molecule has 1 aliphatic heterocycles. The van der Waals surface area contributed by atoms with Gasteiger partial charge in [0.05, 0.1) is 27.7 Å². The van der Waals surface area contributed by atoms with E-state index in [1.807, 2.05) is 6.92 Å². The van der Waals surface area contributed by atoms with Gasteiger partial charge in [-0.25, -0.2) is 4.79 Å². The third kappa shape index (κ3) is 6.88. The van der Waals surface area contributed by atoms with Gasteiger partial charge in [-0.1, -0.05) is 30.1 Å². The smallest absolute Gasteiger partial charge is 0.344 e. The fraction of sp³-hybridized carbons (Fsp3) is 0.400. The summed E-state index contributed by atoms with van der Waals surface area (Å²) in [4.78, 5) is 49.0. The Morgan fingerprint density at radius 3 is 2.39 bits per heavy atom. The van der Waals surface area contributed by atoms with Crippen LogP contribution in [0.4, 0.5) is 4.79 Å². The SMILES string of the molecule is CCOC(=O)COc1c(Cl)cc(/C=C2\SC(=O)N(CC(=O)O[C@@H](C)CC)C2=O)cc1Cl. The number of nitrogens with zero attached hydrogens (tertiary/aromatic N) is 1. The third-order valence-electron chi connectivity index (χ3n) is 4.03. The zero-order valence-electron chi connectivity index (χ0n) is 17.1. The average Bonchev–Trinajstić information content (AvgIpc) is 2.94. The van der Waals surface area contributed by atoms with Crippen LogP contribution in [-0.4, -0.2) is 53.8 Å². The molecule has 1 aliphatic rings. The summed E-state index contributed by atoms with van der Waals surface area (Å²) in [6, 6.07) is 2.94. The summed E-state index contributed by atoms with van der Waals surface area (Å²) in [5.41, 5.74) is 0.436. The van der Waals surface area contributed by atoms with Crippen LogP contribution >= 0.6 is 35.0 Å². The molecule has 1 heterocycles. The van der Waals surface area contributed by atoms with Crippen molar-refractivity contribution in [1.29, 1.82) is 0 Å². The molecule has 0 radical (unpaired) electrons. The fourth-order valence-electron chi connectivity index (χ4n) is 2.40. The van der Waals surface area contributed by atoms with Gasteiger partial charge in [-0.3, -0.25) is 19.3 Å². The Morgan fingerprint density at radius 2 is 1.81 bits per heavy atom. The van der Waals surface area contributed by atoms with Gasteiger partial charge in [-0.15, -0.1) is 0 Å². The third-order valence-corrected chi connectivity index (χ3v) is 5.50. The second kappa shape index (κ2) is 11.4. The molecule has 168 valence electrons. The van der Waals surface area contributed by atoms with Gasteiger partial charge in [0.1, 0.15) is 6.54 Å². The van der Waals surface area contributed by atoms with E-state index in [4.69, 9.17) is 37.4 Å². The minimum Gasteiger partial charge on any atom is -0.479 e. The van der Waals surface area contributed by atoms with E-state index in [0.29, 0.717) is 23.7 Å². The molecule has 31 heavy (non-hydrogen) atoms. The molecule has 8 nitrogen and oxygen atoms in total. The number of hydrogen-bond acceptors (Lipinski definition) is 8. The minimum atomic E-state index is -0.660. The van der Waals surface area contributed by atoms with Crippen LogP contribution in [0.5, 0.6) is 5.75 Å². The maximum absolute atomic E-state index is 12.6. The summed E-state index contributed by atoms with van der Waals surface area (Å²) < 4.78 is 15.2. The number of esters is 2. The lowest BCUT2D eigenvalue weighted by atomic mass is 10.2. The first kappa shape index (κ1) is 25.0. The van der Waals surface area contributed by atoms with Crippen LogP contribution < -0.4 is 4.74 Å².